The van der Waals surface area contributed by atoms with Gasteiger partial charge in [-0.3, -0.25) is 9.79 Å². The summed E-state index contributed by atoms with van der Waals surface area (Å²) in [7, 11) is 1.62. The molecule has 30 heavy (non-hydrogen) atoms. The lowest BCUT2D eigenvalue weighted by Gasteiger charge is -2.11. The Hall–Kier alpha value is -2.99. The molecular formula is C24H24N2O3S. The van der Waals surface area contributed by atoms with E-state index in [2.05, 4.69) is 42.4 Å². The van der Waals surface area contributed by atoms with Gasteiger partial charge in [-0.2, -0.15) is 0 Å². The molecule has 1 aliphatic rings. The number of nitrogens with one attached hydrogen (secondary N) is 1. The van der Waals surface area contributed by atoms with E-state index in [1.807, 2.05) is 19.1 Å². The second-order valence-corrected chi connectivity index (χ2v) is 8.45. The van der Waals surface area contributed by atoms with Gasteiger partial charge in [-0.1, -0.05) is 35.5 Å². The van der Waals surface area contributed by atoms with Crippen LogP contribution in [0.1, 0.15) is 23.6 Å². The number of carbonyl (C=O) groups excluding carboxylic acids is 1. The number of furan rings is 1. The first-order valence-corrected chi connectivity index (χ1v) is 10.8. The molecule has 0 spiro atoms. The summed E-state index contributed by atoms with van der Waals surface area (Å²) in [6.45, 7) is 6.84. The van der Waals surface area contributed by atoms with Crippen LogP contribution in [0.15, 0.2) is 52.1 Å². The Morgan fingerprint density at radius 1 is 1.23 bits per heavy atom. The fourth-order valence-electron chi connectivity index (χ4n) is 3.68. The highest BCUT2D eigenvalue weighted by molar-refractivity contribution is 8.14. The van der Waals surface area contributed by atoms with Gasteiger partial charge in [-0.15, -0.1) is 0 Å². The van der Waals surface area contributed by atoms with Crippen LogP contribution in [-0.2, 0) is 4.79 Å². The van der Waals surface area contributed by atoms with Gasteiger partial charge in [0.05, 0.1) is 19.9 Å². The van der Waals surface area contributed by atoms with Crippen molar-refractivity contribution in [2.75, 3.05) is 19.4 Å². The molecule has 1 amide bonds. The molecule has 0 fully saturated rings. The van der Waals surface area contributed by atoms with E-state index < -0.39 is 0 Å². The van der Waals surface area contributed by atoms with Gasteiger partial charge in [-0.25, -0.2) is 0 Å². The number of thioether (sulfide) groups is 1. The van der Waals surface area contributed by atoms with Gasteiger partial charge in [0.2, 0.25) is 5.91 Å². The molecule has 5 nitrogen and oxygen atoms in total. The third-order valence-electron chi connectivity index (χ3n) is 5.16. The van der Waals surface area contributed by atoms with Gasteiger partial charge in [-0.05, 0) is 43.5 Å². The minimum Gasteiger partial charge on any atom is -0.496 e. The van der Waals surface area contributed by atoms with Crippen molar-refractivity contribution >= 4 is 39.4 Å². The lowest BCUT2D eigenvalue weighted by Crippen LogP contribution is -2.25. The summed E-state index contributed by atoms with van der Waals surface area (Å²) in [6, 6.07) is 10.3. The molecule has 0 bridgehead atoms. The molecule has 1 aromatic heterocycles. The lowest BCUT2D eigenvalue weighted by atomic mass is 9.96. The van der Waals surface area contributed by atoms with Gasteiger partial charge >= 0.3 is 0 Å². The summed E-state index contributed by atoms with van der Waals surface area (Å²) in [4.78, 5) is 16.7. The van der Waals surface area contributed by atoms with Crippen molar-refractivity contribution in [1.82, 2.24) is 5.32 Å². The molecule has 3 aromatic rings. The van der Waals surface area contributed by atoms with Gasteiger partial charge in [0.15, 0.2) is 5.17 Å². The predicted molar refractivity (Wildman–Crippen MR) is 124 cm³/mol. The first-order valence-electron chi connectivity index (χ1n) is 9.80. The molecule has 2 aromatic carbocycles. The Balaban J connectivity index is 1.75. The van der Waals surface area contributed by atoms with E-state index in [1.54, 1.807) is 31.2 Å². The highest BCUT2D eigenvalue weighted by Gasteiger charge is 2.16. The summed E-state index contributed by atoms with van der Waals surface area (Å²) in [5.41, 5.74) is 6.99. The number of aryl methyl sites for hydroxylation is 2. The number of hydrogen-bond donors (Lipinski definition) is 1. The highest BCUT2D eigenvalue weighted by atomic mass is 32.2. The van der Waals surface area contributed by atoms with Gasteiger partial charge < -0.3 is 14.5 Å². The number of methoxy groups -OCH3 is 1. The quantitative estimate of drug-likeness (QED) is 0.578. The summed E-state index contributed by atoms with van der Waals surface area (Å²) in [6.07, 6.45) is 3.37. The van der Waals surface area contributed by atoms with E-state index in [0.717, 1.165) is 45.5 Å². The Morgan fingerprint density at radius 2 is 2.07 bits per heavy atom. The summed E-state index contributed by atoms with van der Waals surface area (Å²) in [5.74, 6) is 1.38. The molecule has 6 heteroatoms. The number of nitrogens with zero attached hydrogens (tertiary/aromatic N) is 1. The molecule has 1 aliphatic heterocycles. The number of carbonyl (C=O) groups is 1. The monoisotopic (exact) mass is 420 g/mol. The van der Waals surface area contributed by atoms with Gasteiger partial charge in [0, 0.05) is 34.4 Å². The zero-order valence-electron chi connectivity index (χ0n) is 17.5. The first-order chi connectivity index (χ1) is 14.5. The van der Waals surface area contributed by atoms with E-state index >= 15 is 0 Å². The number of ether oxygens (including phenoxy) is 1. The van der Waals surface area contributed by atoms with Crippen LogP contribution in [0.3, 0.4) is 0 Å². The van der Waals surface area contributed by atoms with Crippen LogP contribution < -0.4 is 10.1 Å². The van der Waals surface area contributed by atoms with Gasteiger partial charge in [0.1, 0.15) is 11.3 Å². The zero-order chi connectivity index (χ0) is 21.3. The molecule has 1 N–H and O–H groups in total. The van der Waals surface area contributed by atoms with Gasteiger partial charge in [0.25, 0.3) is 0 Å². The van der Waals surface area contributed by atoms with Crippen molar-refractivity contribution in [3.63, 3.8) is 0 Å². The highest BCUT2D eigenvalue weighted by Crippen LogP contribution is 2.38. The summed E-state index contributed by atoms with van der Waals surface area (Å²) < 4.78 is 11.4. The largest absolute Gasteiger partial charge is 0.496 e. The van der Waals surface area contributed by atoms with Crippen LogP contribution in [0.2, 0.25) is 0 Å². The molecule has 4 rings (SSSR count). The molecule has 154 valence electrons. The summed E-state index contributed by atoms with van der Waals surface area (Å²) >= 11 is 1.56. The van der Waals surface area contributed by atoms with Crippen molar-refractivity contribution in [2.45, 2.75) is 20.8 Å². The van der Waals surface area contributed by atoms with E-state index in [1.165, 1.54) is 11.1 Å². The van der Waals surface area contributed by atoms with Crippen molar-refractivity contribution in [2.24, 2.45) is 4.99 Å². The molecule has 0 aliphatic carbocycles. The van der Waals surface area contributed by atoms with E-state index in [9.17, 15) is 4.79 Å². The number of amides is 1. The molecule has 0 atom stereocenters. The zero-order valence-corrected chi connectivity index (χ0v) is 18.4. The number of amidine groups is 1. The molecule has 0 unspecified atom stereocenters. The van der Waals surface area contributed by atoms with Crippen molar-refractivity contribution in [1.29, 1.82) is 0 Å². The molecule has 0 saturated heterocycles. The second-order valence-electron chi connectivity index (χ2n) is 7.37. The van der Waals surface area contributed by atoms with Crippen LogP contribution in [0, 0.1) is 13.8 Å². The van der Waals surface area contributed by atoms with Crippen molar-refractivity contribution < 1.29 is 13.9 Å². The number of allylic oxidation sites excluding steroid dienone is 1. The molecule has 0 radical (unpaired) electrons. The topological polar surface area (TPSA) is 63.8 Å². The maximum Gasteiger partial charge on any atom is 0.250 e. The third kappa shape index (κ3) is 4.00. The fourth-order valence-corrected chi connectivity index (χ4v) is 4.41. The smallest absolute Gasteiger partial charge is 0.250 e. The summed E-state index contributed by atoms with van der Waals surface area (Å²) in [5, 5.41) is 4.50. The Bertz CT molecular complexity index is 1190. The first kappa shape index (κ1) is 20.3. The van der Waals surface area contributed by atoms with E-state index in [4.69, 9.17) is 9.15 Å². The number of benzene rings is 2. The normalized spacial score (nSPS) is 14.1. The SMILES string of the molecule is COc1cc2occ(-c3ccc(C)cc3C)c2cc1/C(C)=C/C(=O)NC1=NCCS1. The minimum atomic E-state index is -0.190. The molecule has 2 heterocycles. The Kier molecular flexibility index (Phi) is 5.68. The van der Waals surface area contributed by atoms with E-state index in [-0.39, 0.29) is 5.91 Å². The van der Waals surface area contributed by atoms with E-state index in [0.29, 0.717) is 10.9 Å². The van der Waals surface area contributed by atoms with Crippen molar-refractivity contribution in [3.05, 3.63) is 59.4 Å². The van der Waals surface area contributed by atoms with Crippen molar-refractivity contribution in [3.8, 4) is 16.9 Å². The maximum absolute atomic E-state index is 12.4. The fraction of sp³-hybridized carbons (Fsp3) is 0.250. The lowest BCUT2D eigenvalue weighted by molar-refractivity contribution is -0.115. The maximum atomic E-state index is 12.4. The van der Waals surface area contributed by atoms with Crippen LogP contribution in [0.25, 0.3) is 27.7 Å². The number of rotatable bonds is 4. The predicted octanol–water partition coefficient (Wildman–Crippen LogP) is 5.35. The Labute approximate surface area is 180 Å². The number of fused-ring (bicyclic) bond motifs is 1. The van der Waals surface area contributed by atoms with Crippen LogP contribution in [0.5, 0.6) is 5.75 Å². The average Bonchev–Trinajstić information content (AvgIpc) is 3.36. The average molecular weight is 421 g/mol. The van der Waals surface area contributed by atoms with Crippen LogP contribution in [-0.4, -0.2) is 30.5 Å². The second kappa shape index (κ2) is 8.40. The third-order valence-corrected chi connectivity index (χ3v) is 6.05. The molecule has 0 saturated carbocycles. The molecular weight excluding hydrogens is 396 g/mol. The minimum absolute atomic E-state index is 0.190. The van der Waals surface area contributed by atoms with Crippen LogP contribution in [0.4, 0.5) is 0 Å². The number of aliphatic imine (C=N–C) groups is 1. The van der Waals surface area contributed by atoms with Crippen LogP contribution >= 0.6 is 11.8 Å². The Morgan fingerprint density at radius 3 is 2.77 bits per heavy atom. The standard InChI is InChI=1S/C24H24N2O3S/c1-14-5-6-17(15(2)9-14)20-13-29-22-12-21(28-4)18(11-19(20)22)16(3)10-23(27)26-24-25-7-8-30-24/h5-6,9-13H,7-8H2,1-4H3,(H,25,26,27)/b16-10+. The number of hydrogen-bond acceptors (Lipinski definition) is 5.